The molecule has 1 amide bonds. The minimum atomic E-state index is -3.64. The average molecular weight is 291 g/mol. The first-order valence-corrected chi connectivity index (χ1v) is 8.17. The zero-order valence-electron chi connectivity index (χ0n) is 12.2. The van der Waals surface area contributed by atoms with Crippen LogP contribution in [0.15, 0.2) is 0 Å². The molecule has 1 fully saturated rings. The summed E-state index contributed by atoms with van der Waals surface area (Å²) in [5.41, 5.74) is 5.89. The van der Waals surface area contributed by atoms with Crippen LogP contribution < -0.4 is 5.73 Å². The van der Waals surface area contributed by atoms with Gasteiger partial charge >= 0.3 is 0 Å². The molecule has 0 saturated carbocycles. The third-order valence-corrected chi connectivity index (χ3v) is 5.87. The van der Waals surface area contributed by atoms with Crippen molar-refractivity contribution in [2.45, 2.75) is 50.4 Å². The summed E-state index contributed by atoms with van der Waals surface area (Å²) in [5.74, 6) is -0.394. The summed E-state index contributed by atoms with van der Waals surface area (Å²) < 4.78 is 26.6. The Morgan fingerprint density at radius 2 is 1.89 bits per heavy atom. The second-order valence-electron chi connectivity index (χ2n) is 5.45. The molecule has 7 heteroatoms. The van der Waals surface area contributed by atoms with Crippen molar-refractivity contribution < 1.29 is 13.2 Å². The molecule has 0 aromatic rings. The molecule has 0 spiro atoms. The summed E-state index contributed by atoms with van der Waals surface area (Å²) in [4.78, 5) is 13.2. The van der Waals surface area contributed by atoms with Gasteiger partial charge in [-0.25, -0.2) is 8.42 Å². The van der Waals surface area contributed by atoms with E-state index in [9.17, 15) is 13.2 Å². The van der Waals surface area contributed by atoms with Crippen molar-refractivity contribution >= 4 is 15.9 Å². The summed E-state index contributed by atoms with van der Waals surface area (Å²) in [6.07, 6.45) is 2.57. The third-order valence-electron chi connectivity index (χ3n) is 3.67. The third kappa shape index (κ3) is 3.46. The molecule has 1 rings (SSSR count). The highest BCUT2D eigenvalue weighted by molar-refractivity contribution is 7.90. The molecule has 2 N–H and O–H groups in total. The van der Waals surface area contributed by atoms with Crippen LogP contribution >= 0.6 is 0 Å². The summed E-state index contributed by atoms with van der Waals surface area (Å²) in [6.45, 7) is 3.72. The van der Waals surface area contributed by atoms with Gasteiger partial charge in [0.1, 0.15) is 0 Å². The fourth-order valence-electron chi connectivity index (χ4n) is 2.47. The summed E-state index contributed by atoms with van der Waals surface area (Å²) in [5, 5.41) is -1.05. The highest BCUT2D eigenvalue weighted by Crippen LogP contribution is 2.25. The van der Waals surface area contributed by atoms with Gasteiger partial charge in [-0.1, -0.05) is 6.42 Å². The number of piperidine rings is 1. The van der Waals surface area contributed by atoms with E-state index in [0.717, 1.165) is 19.3 Å². The van der Waals surface area contributed by atoms with Gasteiger partial charge in [-0.3, -0.25) is 4.79 Å². The van der Waals surface area contributed by atoms with E-state index in [1.807, 2.05) is 6.92 Å². The van der Waals surface area contributed by atoms with Crippen LogP contribution in [0, 0.1) is 0 Å². The number of amides is 1. The Morgan fingerprint density at radius 1 is 1.32 bits per heavy atom. The van der Waals surface area contributed by atoms with E-state index in [0.29, 0.717) is 6.54 Å². The smallest absolute Gasteiger partial charge is 0.241 e. The van der Waals surface area contributed by atoms with Crippen LogP contribution in [0.25, 0.3) is 0 Å². The van der Waals surface area contributed by atoms with Crippen LogP contribution in [-0.2, 0) is 14.8 Å². The van der Waals surface area contributed by atoms with Crippen molar-refractivity contribution in [3.63, 3.8) is 0 Å². The molecule has 0 aliphatic carbocycles. The van der Waals surface area contributed by atoms with Crippen LogP contribution in [0.2, 0.25) is 0 Å². The topological polar surface area (TPSA) is 83.7 Å². The predicted octanol–water partition coefficient (Wildman–Crippen LogP) is -0.00540. The van der Waals surface area contributed by atoms with Gasteiger partial charge in [0, 0.05) is 32.7 Å². The van der Waals surface area contributed by atoms with Crippen molar-refractivity contribution in [3.05, 3.63) is 0 Å². The number of carbonyl (C=O) groups excluding carboxylic acids is 1. The predicted molar refractivity (Wildman–Crippen MR) is 75.1 cm³/mol. The van der Waals surface area contributed by atoms with E-state index in [2.05, 4.69) is 0 Å². The number of rotatable bonds is 4. The zero-order valence-corrected chi connectivity index (χ0v) is 13.0. The van der Waals surface area contributed by atoms with Gasteiger partial charge in [0.2, 0.25) is 15.9 Å². The molecule has 0 radical (unpaired) electrons. The monoisotopic (exact) mass is 291 g/mol. The molecule has 1 heterocycles. The van der Waals surface area contributed by atoms with Crippen LogP contribution in [0.4, 0.5) is 0 Å². The number of nitrogens with two attached hydrogens (primary N) is 1. The second kappa shape index (κ2) is 6.19. The average Bonchev–Trinajstić information content (AvgIpc) is 2.36. The van der Waals surface area contributed by atoms with Gasteiger partial charge < -0.3 is 10.6 Å². The normalized spacial score (nSPS) is 24.8. The molecule has 0 aromatic carbocycles. The maximum atomic E-state index is 12.6. The van der Waals surface area contributed by atoms with Crippen LogP contribution in [0.1, 0.15) is 33.1 Å². The first-order chi connectivity index (χ1) is 8.69. The van der Waals surface area contributed by atoms with Gasteiger partial charge in [0.15, 0.2) is 5.25 Å². The Kier molecular flexibility index (Phi) is 5.34. The number of carbonyl (C=O) groups is 1. The quantitative estimate of drug-likeness (QED) is 0.790. The molecule has 1 aliphatic heterocycles. The van der Waals surface area contributed by atoms with Crippen molar-refractivity contribution in [1.82, 2.24) is 9.21 Å². The Hall–Kier alpha value is -0.660. The lowest BCUT2D eigenvalue weighted by atomic mass is 10.00. The molecule has 0 bridgehead atoms. The SMILES string of the molecule is CC(N)C1CCCCN1S(=O)(=O)C(C)C(=O)N(C)C. The highest BCUT2D eigenvalue weighted by Gasteiger charge is 2.40. The summed E-state index contributed by atoms with van der Waals surface area (Å²) in [6, 6.07) is -0.423. The molecule has 1 aliphatic rings. The summed E-state index contributed by atoms with van der Waals surface area (Å²) in [7, 11) is -0.512. The summed E-state index contributed by atoms with van der Waals surface area (Å²) >= 11 is 0. The lowest BCUT2D eigenvalue weighted by molar-refractivity contribution is -0.128. The number of hydrogen-bond donors (Lipinski definition) is 1. The van der Waals surface area contributed by atoms with Crippen LogP contribution in [0.5, 0.6) is 0 Å². The zero-order chi connectivity index (χ0) is 14.8. The van der Waals surface area contributed by atoms with E-state index in [4.69, 9.17) is 5.73 Å². The van der Waals surface area contributed by atoms with Gasteiger partial charge in [0.25, 0.3) is 0 Å². The van der Waals surface area contributed by atoms with E-state index >= 15 is 0 Å². The van der Waals surface area contributed by atoms with Crippen molar-refractivity contribution in [1.29, 1.82) is 0 Å². The minimum absolute atomic E-state index is 0.198. The lowest BCUT2D eigenvalue weighted by Gasteiger charge is -2.38. The number of nitrogens with zero attached hydrogens (tertiary/aromatic N) is 2. The maximum absolute atomic E-state index is 12.6. The van der Waals surface area contributed by atoms with Gasteiger partial charge in [-0.2, -0.15) is 4.31 Å². The highest BCUT2D eigenvalue weighted by atomic mass is 32.2. The molecule has 0 aromatic heterocycles. The molecular formula is C12H25N3O3S. The standard InChI is InChI=1S/C12H25N3O3S/c1-9(13)11-7-5-6-8-15(11)19(17,18)10(2)12(16)14(3)4/h9-11H,5-8,13H2,1-4H3. The molecule has 1 saturated heterocycles. The lowest BCUT2D eigenvalue weighted by Crippen LogP contribution is -2.55. The maximum Gasteiger partial charge on any atom is 0.241 e. The van der Waals surface area contributed by atoms with Crippen molar-refractivity contribution in [3.8, 4) is 0 Å². The fourth-order valence-corrected chi connectivity index (χ4v) is 4.40. The minimum Gasteiger partial charge on any atom is -0.348 e. The molecular weight excluding hydrogens is 266 g/mol. The fraction of sp³-hybridized carbons (Fsp3) is 0.917. The van der Waals surface area contributed by atoms with E-state index < -0.39 is 21.2 Å². The van der Waals surface area contributed by atoms with Gasteiger partial charge in [-0.15, -0.1) is 0 Å². The number of hydrogen-bond acceptors (Lipinski definition) is 4. The van der Waals surface area contributed by atoms with Gasteiger partial charge in [0.05, 0.1) is 0 Å². The molecule has 112 valence electrons. The molecule has 6 nitrogen and oxygen atoms in total. The number of sulfonamides is 1. The van der Waals surface area contributed by atoms with Crippen LogP contribution in [0.3, 0.4) is 0 Å². The Morgan fingerprint density at radius 3 is 2.37 bits per heavy atom. The second-order valence-corrected chi connectivity index (χ2v) is 7.66. The molecule has 19 heavy (non-hydrogen) atoms. The first kappa shape index (κ1) is 16.4. The molecule has 3 unspecified atom stereocenters. The van der Waals surface area contributed by atoms with E-state index in [1.54, 1.807) is 14.1 Å². The van der Waals surface area contributed by atoms with Crippen molar-refractivity contribution in [2.24, 2.45) is 5.73 Å². The molecule has 3 atom stereocenters. The first-order valence-electron chi connectivity index (χ1n) is 6.67. The van der Waals surface area contributed by atoms with E-state index in [-0.39, 0.29) is 12.1 Å². The van der Waals surface area contributed by atoms with Gasteiger partial charge in [-0.05, 0) is 26.7 Å². The Labute approximate surface area is 116 Å². The largest absolute Gasteiger partial charge is 0.348 e. The Bertz CT molecular complexity index is 420. The Balaban J connectivity index is 3.00. The van der Waals surface area contributed by atoms with Crippen molar-refractivity contribution in [2.75, 3.05) is 20.6 Å². The van der Waals surface area contributed by atoms with Crippen LogP contribution in [-0.4, -0.2) is 61.5 Å². The van der Waals surface area contributed by atoms with E-state index in [1.165, 1.54) is 16.1 Å².